The van der Waals surface area contributed by atoms with Crippen LogP contribution in [0.2, 0.25) is 0 Å². The van der Waals surface area contributed by atoms with Gasteiger partial charge in [0.25, 0.3) is 0 Å². The van der Waals surface area contributed by atoms with Crippen molar-refractivity contribution in [3.05, 3.63) is 34.3 Å². The molecule has 4 nitrogen and oxygen atoms in total. The molecule has 120 valence electrons. The number of amides is 1. The number of nitrogens with zero attached hydrogens (tertiary/aromatic N) is 2. The van der Waals surface area contributed by atoms with Crippen molar-refractivity contribution >= 4 is 44.8 Å². The quantitative estimate of drug-likeness (QED) is 0.908. The van der Waals surface area contributed by atoms with Crippen LogP contribution in [0.15, 0.2) is 29.3 Å². The van der Waals surface area contributed by atoms with Crippen molar-refractivity contribution < 1.29 is 4.79 Å². The number of allylic oxidation sites excluding steroid dienone is 1. The summed E-state index contributed by atoms with van der Waals surface area (Å²) in [6, 6.07) is 8.25. The van der Waals surface area contributed by atoms with Gasteiger partial charge >= 0.3 is 0 Å². The number of hydrogen-bond donors (Lipinski definition) is 1. The van der Waals surface area contributed by atoms with Crippen LogP contribution in [-0.4, -0.2) is 41.2 Å². The topological polar surface area (TPSA) is 45.2 Å². The van der Waals surface area contributed by atoms with Crippen LogP contribution in [0.25, 0.3) is 15.8 Å². The zero-order valence-electron chi connectivity index (χ0n) is 13.2. The molecule has 1 N–H and O–H groups in total. The van der Waals surface area contributed by atoms with Crippen molar-refractivity contribution in [2.24, 2.45) is 5.92 Å². The fraction of sp³-hybridized carbons (Fsp3) is 0.412. The number of fused-ring (bicyclic) bond motifs is 2. The molecule has 0 saturated carbocycles. The fourth-order valence-corrected chi connectivity index (χ4v) is 6.19. The molecule has 2 atom stereocenters. The second-order valence-corrected chi connectivity index (χ2v) is 8.50. The molecule has 1 aromatic heterocycles. The molecule has 2 aliphatic rings. The Morgan fingerprint density at radius 2 is 2.22 bits per heavy atom. The molecule has 0 radical (unpaired) electrons. The second-order valence-electron chi connectivity index (χ2n) is 6.22. The maximum Gasteiger partial charge on any atom is 0.221 e. The van der Waals surface area contributed by atoms with Crippen LogP contribution < -0.4 is 5.32 Å². The molecule has 0 aliphatic carbocycles. The lowest BCUT2D eigenvalue weighted by Crippen LogP contribution is -2.38. The van der Waals surface area contributed by atoms with Crippen molar-refractivity contribution in [1.29, 1.82) is 0 Å². The maximum atomic E-state index is 11.6. The summed E-state index contributed by atoms with van der Waals surface area (Å²) in [7, 11) is 2.17. The molecule has 1 aromatic carbocycles. The van der Waals surface area contributed by atoms with E-state index in [-0.39, 0.29) is 5.91 Å². The number of aromatic nitrogens is 1. The molecule has 2 unspecified atom stereocenters. The number of piperidine rings is 1. The van der Waals surface area contributed by atoms with Gasteiger partial charge in [-0.25, -0.2) is 4.98 Å². The first-order chi connectivity index (χ1) is 11.1. The summed E-state index contributed by atoms with van der Waals surface area (Å²) in [4.78, 5) is 18.9. The molecule has 0 bridgehead atoms. The molecule has 2 aromatic rings. The lowest BCUT2D eigenvalue weighted by atomic mass is 9.90. The van der Waals surface area contributed by atoms with Crippen LogP contribution in [0, 0.1) is 5.92 Å². The largest absolute Gasteiger partial charge is 0.321 e. The first-order valence-corrected chi connectivity index (χ1v) is 9.54. The van der Waals surface area contributed by atoms with Crippen molar-refractivity contribution in [2.45, 2.75) is 18.6 Å². The monoisotopic (exact) mass is 345 g/mol. The van der Waals surface area contributed by atoms with Gasteiger partial charge in [-0.15, -0.1) is 23.1 Å². The highest BCUT2D eigenvalue weighted by atomic mass is 32.2. The van der Waals surface area contributed by atoms with E-state index in [0.29, 0.717) is 11.2 Å². The van der Waals surface area contributed by atoms with E-state index in [4.69, 9.17) is 4.98 Å². The predicted molar refractivity (Wildman–Crippen MR) is 97.3 cm³/mol. The minimum absolute atomic E-state index is 0.00175. The number of thiazole rings is 1. The number of hydrogen-bond acceptors (Lipinski definition) is 5. The average molecular weight is 345 g/mol. The van der Waals surface area contributed by atoms with Crippen molar-refractivity contribution in [2.75, 3.05) is 20.1 Å². The third-order valence-electron chi connectivity index (χ3n) is 4.46. The summed E-state index contributed by atoms with van der Waals surface area (Å²) >= 11 is 3.55. The van der Waals surface area contributed by atoms with Gasteiger partial charge in [0.05, 0.1) is 15.2 Å². The minimum atomic E-state index is -0.00175. The summed E-state index contributed by atoms with van der Waals surface area (Å²) in [5, 5.41) is 5.65. The average Bonchev–Trinajstić information content (AvgIpc) is 3.06. The number of thioether (sulfide) groups is 1. The predicted octanol–water partition coefficient (Wildman–Crippen LogP) is 3.17. The third-order valence-corrected chi connectivity index (χ3v) is 6.87. The Balaban J connectivity index is 1.78. The SMILES string of the molecule is CC(=O)NC1=C(c2nc3ccccc3s2)C2CCN(C)CC2S1. The Labute approximate surface area is 144 Å². The zero-order chi connectivity index (χ0) is 16.0. The number of carbonyl (C=O) groups excluding carboxylic acids is 1. The molecule has 3 heterocycles. The van der Waals surface area contributed by atoms with E-state index in [9.17, 15) is 4.79 Å². The highest BCUT2D eigenvalue weighted by Gasteiger charge is 2.40. The van der Waals surface area contributed by atoms with E-state index in [2.05, 4.69) is 35.5 Å². The third kappa shape index (κ3) is 2.79. The van der Waals surface area contributed by atoms with Crippen LogP contribution >= 0.6 is 23.1 Å². The number of rotatable bonds is 2. The van der Waals surface area contributed by atoms with Gasteiger partial charge in [-0.2, -0.15) is 0 Å². The van der Waals surface area contributed by atoms with E-state index in [0.717, 1.165) is 35.1 Å². The molecule has 23 heavy (non-hydrogen) atoms. The van der Waals surface area contributed by atoms with Gasteiger partial charge in [-0.3, -0.25) is 4.79 Å². The van der Waals surface area contributed by atoms with Crippen LogP contribution in [-0.2, 0) is 4.79 Å². The highest BCUT2D eigenvalue weighted by Crippen LogP contribution is 2.50. The molecule has 0 spiro atoms. The Morgan fingerprint density at radius 3 is 3.00 bits per heavy atom. The van der Waals surface area contributed by atoms with Crippen LogP contribution in [0.4, 0.5) is 0 Å². The number of nitrogens with one attached hydrogen (secondary N) is 1. The smallest absolute Gasteiger partial charge is 0.221 e. The lowest BCUT2D eigenvalue weighted by molar-refractivity contribution is -0.118. The van der Waals surface area contributed by atoms with Gasteiger partial charge in [0.2, 0.25) is 5.91 Å². The van der Waals surface area contributed by atoms with E-state index >= 15 is 0 Å². The van der Waals surface area contributed by atoms with Gasteiger partial charge in [-0.05, 0) is 32.1 Å². The summed E-state index contributed by atoms with van der Waals surface area (Å²) in [6.45, 7) is 3.74. The van der Waals surface area contributed by atoms with E-state index < -0.39 is 0 Å². The van der Waals surface area contributed by atoms with Gasteiger partial charge < -0.3 is 10.2 Å². The molecule has 4 rings (SSSR count). The normalized spacial score (nSPS) is 25.0. The van der Waals surface area contributed by atoms with Gasteiger partial charge in [0.1, 0.15) is 5.01 Å². The van der Waals surface area contributed by atoms with E-state index in [1.807, 2.05) is 17.8 Å². The molecular weight excluding hydrogens is 326 g/mol. The maximum absolute atomic E-state index is 11.6. The van der Waals surface area contributed by atoms with Crippen molar-refractivity contribution in [3.8, 4) is 0 Å². The van der Waals surface area contributed by atoms with Gasteiger partial charge in [0.15, 0.2) is 0 Å². The number of likely N-dealkylation sites (tertiary alicyclic amines) is 1. The van der Waals surface area contributed by atoms with Gasteiger partial charge in [-0.1, -0.05) is 12.1 Å². The standard InChI is InChI=1S/C17H19N3OS2/c1-10(21)18-16-15(11-7-8-20(2)9-14(11)23-16)17-19-12-5-3-4-6-13(12)22-17/h3-6,11,14H,7-9H2,1-2H3,(H,18,21). The van der Waals surface area contributed by atoms with E-state index in [1.165, 1.54) is 10.3 Å². The molecule has 1 fully saturated rings. The molecule has 1 saturated heterocycles. The first-order valence-electron chi connectivity index (χ1n) is 7.84. The highest BCUT2D eigenvalue weighted by molar-refractivity contribution is 8.04. The van der Waals surface area contributed by atoms with Crippen molar-refractivity contribution in [3.63, 3.8) is 0 Å². The Bertz CT molecular complexity index is 765. The summed E-state index contributed by atoms with van der Waals surface area (Å²) in [5.41, 5.74) is 2.30. The summed E-state index contributed by atoms with van der Waals surface area (Å²) < 4.78 is 1.21. The first kappa shape index (κ1) is 15.2. The van der Waals surface area contributed by atoms with Crippen LogP contribution in [0.1, 0.15) is 18.4 Å². The molecule has 2 aliphatic heterocycles. The van der Waals surface area contributed by atoms with Crippen LogP contribution in [0.5, 0.6) is 0 Å². The van der Waals surface area contributed by atoms with Crippen molar-refractivity contribution in [1.82, 2.24) is 15.2 Å². The van der Waals surface area contributed by atoms with Crippen LogP contribution in [0.3, 0.4) is 0 Å². The lowest BCUT2D eigenvalue weighted by Gasteiger charge is -2.32. The van der Waals surface area contributed by atoms with E-state index in [1.54, 1.807) is 18.3 Å². The second kappa shape index (κ2) is 5.92. The fourth-order valence-electron chi connectivity index (χ4n) is 3.40. The summed E-state index contributed by atoms with van der Waals surface area (Å²) in [6.07, 6.45) is 1.13. The Kier molecular flexibility index (Phi) is 3.91. The zero-order valence-corrected chi connectivity index (χ0v) is 14.8. The molecular formula is C17H19N3OS2. The minimum Gasteiger partial charge on any atom is -0.321 e. The summed E-state index contributed by atoms with van der Waals surface area (Å²) in [5.74, 6) is 0.483. The number of para-hydroxylation sites is 1. The molecule has 1 amide bonds. The molecule has 6 heteroatoms. The number of benzene rings is 1. The Hall–Kier alpha value is -1.37. The Morgan fingerprint density at radius 1 is 1.39 bits per heavy atom. The van der Waals surface area contributed by atoms with Gasteiger partial charge in [0, 0.05) is 30.2 Å². The number of carbonyl (C=O) groups is 1.